The van der Waals surface area contributed by atoms with Gasteiger partial charge in [-0.2, -0.15) is 0 Å². The van der Waals surface area contributed by atoms with Gasteiger partial charge in [-0.3, -0.25) is 4.79 Å². The standard InChI is InChI=1S/C19H19NO4S/c1-24-13-14-6-8-16(9-7-14)19(21)20-25(22,23)18-11-10-15-4-2-3-5-17(15)12-18/h2-9,12H,10-11,13H2,1H3,(H,20,21). The molecule has 0 spiro atoms. The maximum atomic E-state index is 12.5. The van der Waals surface area contributed by atoms with Crippen LogP contribution in [-0.4, -0.2) is 21.4 Å². The van der Waals surface area contributed by atoms with E-state index in [9.17, 15) is 13.2 Å². The van der Waals surface area contributed by atoms with E-state index in [0.29, 0.717) is 25.0 Å². The van der Waals surface area contributed by atoms with Crippen LogP contribution < -0.4 is 4.72 Å². The second kappa shape index (κ2) is 7.21. The number of aryl methyl sites for hydroxylation is 1. The van der Waals surface area contributed by atoms with Crippen molar-refractivity contribution in [3.63, 3.8) is 0 Å². The minimum Gasteiger partial charge on any atom is -0.380 e. The predicted molar refractivity (Wildman–Crippen MR) is 96.3 cm³/mol. The molecule has 130 valence electrons. The van der Waals surface area contributed by atoms with Crippen LogP contribution in [0.4, 0.5) is 0 Å². The van der Waals surface area contributed by atoms with Crippen molar-refractivity contribution < 1.29 is 17.9 Å². The van der Waals surface area contributed by atoms with Gasteiger partial charge >= 0.3 is 0 Å². The Morgan fingerprint density at radius 2 is 1.80 bits per heavy atom. The Kier molecular flexibility index (Phi) is 5.01. The van der Waals surface area contributed by atoms with E-state index in [1.54, 1.807) is 37.5 Å². The molecule has 6 heteroatoms. The fraction of sp³-hybridized carbons (Fsp3) is 0.211. The number of carbonyl (C=O) groups excluding carboxylic acids is 1. The summed E-state index contributed by atoms with van der Waals surface area (Å²) >= 11 is 0. The van der Waals surface area contributed by atoms with Gasteiger partial charge in [-0.1, -0.05) is 36.4 Å². The number of benzene rings is 2. The minimum absolute atomic E-state index is 0.232. The van der Waals surface area contributed by atoms with Crippen molar-refractivity contribution in [3.05, 3.63) is 75.7 Å². The zero-order valence-corrected chi connectivity index (χ0v) is 14.7. The van der Waals surface area contributed by atoms with Crippen LogP contribution in [0.2, 0.25) is 0 Å². The normalized spacial score (nSPS) is 13.7. The predicted octanol–water partition coefficient (Wildman–Crippen LogP) is 2.88. The zero-order chi connectivity index (χ0) is 17.9. The lowest BCUT2D eigenvalue weighted by molar-refractivity contribution is 0.0981. The quantitative estimate of drug-likeness (QED) is 0.893. The highest BCUT2D eigenvalue weighted by Gasteiger charge is 2.24. The first-order chi connectivity index (χ1) is 12.0. The summed E-state index contributed by atoms with van der Waals surface area (Å²) in [5.41, 5.74) is 3.20. The number of fused-ring (bicyclic) bond motifs is 1. The van der Waals surface area contributed by atoms with Crippen LogP contribution in [0.1, 0.15) is 33.5 Å². The molecule has 0 heterocycles. The molecule has 1 amide bonds. The highest BCUT2D eigenvalue weighted by atomic mass is 32.2. The molecule has 0 unspecified atom stereocenters. The van der Waals surface area contributed by atoms with Gasteiger partial charge < -0.3 is 4.74 Å². The number of amides is 1. The largest absolute Gasteiger partial charge is 0.380 e. The molecular weight excluding hydrogens is 338 g/mol. The Morgan fingerprint density at radius 1 is 1.08 bits per heavy atom. The molecule has 0 aromatic heterocycles. The lowest BCUT2D eigenvalue weighted by atomic mass is 9.98. The second-order valence-corrected chi connectivity index (χ2v) is 7.61. The van der Waals surface area contributed by atoms with E-state index in [4.69, 9.17) is 4.74 Å². The molecule has 1 aliphatic rings. The average Bonchev–Trinajstić information content (AvgIpc) is 2.62. The molecule has 0 saturated heterocycles. The minimum atomic E-state index is -3.86. The fourth-order valence-corrected chi connectivity index (χ4v) is 3.93. The van der Waals surface area contributed by atoms with Crippen LogP contribution in [0, 0.1) is 0 Å². The highest BCUT2D eigenvalue weighted by molar-refractivity contribution is 7.94. The number of carbonyl (C=O) groups is 1. The number of allylic oxidation sites excluding steroid dienone is 1. The molecule has 1 N–H and O–H groups in total. The van der Waals surface area contributed by atoms with Gasteiger partial charge in [-0.05, 0) is 47.7 Å². The summed E-state index contributed by atoms with van der Waals surface area (Å²) in [5.74, 6) is -0.635. The molecule has 3 rings (SSSR count). The summed E-state index contributed by atoms with van der Waals surface area (Å²) in [6, 6.07) is 14.3. The Hall–Kier alpha value is -2.44. The van der Waals surface area contributed by atoms with Gasteiger partial charge in [0.25, 0.3) is 15.9 Å². The molecule has 1 aliphatic carbocycles. The van der Waals surface area contributed by atoms with Crippen LogP contribution in [0.3, 0.4) is 0 Å². The third kappa shape index (κ3) is 3.97. The van der Waals surface area contributed by atoms with Gasteiger partial charge in [-0.15, -0.1) is 0 Å². The third-order valence-electron chi connectivity index (χ3n) is 4.11. The van der Waals surface area contributed by atoms with Crippen molar-refractivity contribution >= 4 is 22.0 Å². The smallest absolute Gasteiger partial charge is 0.264 e. The molecule has 0 radical (unpaired) electrons. The highest BCUT2D eigenvalue weighted by Crippen LogP contribution is 2.26. The van der Waals surface area contributed by atoms with Gasteiger partial charge in [0.15, 0.2) is 0 Å². The first kappa shape index (κ1) is 17.4. The molecule has 0 aliphatic heterocycles. The Morgan fingerprint density at radius 3 is 2.52 bits per heavy atom. The summed E-state index contributed by atoms with van der Waals surface area (Å²) < 4.78 is 32.2. The Balaban J connectivity index is 1.77. The van der Waals surface area contributed by atoms with E-state index < -0.39 is 15.9 Å². The monoisotopic (exact) mass is 357 g/mol. The molecule has 5 nitrogen and oxygen atoms in total. The van der Waals surface area contributed by atoms with Crippen molar-refractivity contribution in [3.8, 4) is 0 Å². The number of hydrogen-bond donors (Lipinski definition) is 1. The molecule has 2 aromatic carbocycles. The molecule has 0 bridgehead atoms. The van der Waals surface area contributed by atoms with Crippen molar-refractivity contribution in [2.45, 2.75) is 19.4 Å². The summed E-state index contributed by atoms with van der Waals surface area (Å²) in [6.45, 7) is 0.437. The van der Waals surface area contributed by atoms with Gasteiger partial charge in [0.2, 0.25) is 0 Å². The summed E-state index contributed by atoms with van der Waals surface area (Å²) in [6.07, 6.45) is 2.66. The first-order valence-electron chi connectivity index (χ1n) is 7.93. The summed E-state index contributed by atoms with van der Waals surface area (Å²) in [7, 11) is -2.27. The van der Waals surface area contributed by atoms with Crippen LogP contribution in [0.5, 0.6) is 0 Å². The molecular formula is C19H19NO4S. The molecule has 2 aromatic rings. The van der Waals surface area contributed by atoms with E-state index >= 15 is 0 Å². The lowest BCUT2D eigenvalue weighted by Crippen LogP contribution is -2.32. The third-order valence-corrected chi connectivity index (χ3v) is 5.58. The summed E-state index contributed by atoms with van der Waals surface area (Å²) in [5, 5.41) is 0. The van der Waals surface area contributed by atoms with Gasteiger partial charge in [-0.25, -0.2) is 13.1 Å². The van der Waals surface area contributed by atoms with Crippen LogP contribution in [-0.2, 0) is 27.8 Å². The first-order valence-corrected chi connectivity index (χ1v) is 9.41. The van der Waals surface area contributed by atoms with E-state index in [1.807, 2.05) is 24.3 Å². The number of ether oxygens (including phenoxy) is 1. The van der Waals surface area contributed by atoms with Crippen molar-refractivity contribution in [1.82, 2.24) is 4.72 Å². The maximum absolute atomic E-state index is 12.5. The van der Waals surface area contributed by atoms with Crippen molar-refractivity contribution in [2.75, 3.05) is 7.11 Å². The lowest BCUT2D eigenvalue weighted by Gasteiger charge is -2.17. The SMILES string of the molecule is COCc1ccc(C(=O)NS(=O)(=O)C2=Cc3ccccc3CC2)cc1. The molecule has 0 saturated carbocycles. The van der Waals surface area contributed by atoms with E-state index in [0.717, 1.165) is 16.7 Å². The average molecular weight is 357 g/mol. The van der Waals surface area contributed by atoms with Gasteiger partial charge in [0, 0.05) is 12.7 Å². The number of nitrogens with one attached hydrogen (secondary N) is 1. The van der Waals surface area contributed by atoms with E-state index in [2.05, 4.69) is 4.72 Å². The number of rotatable bonds is 5. The van der Waals surface area contributed by atoms with Crippen LogP contribution >= 0.6 is 0 Å². The summed E-state index contributed by atoms with van der Waals surface area (Å²) in [4.78, 5) is 12.5. The van der Waals surface area contributed by atoms with Crippen molar-refractivity contribution in [2.24, 2.45) is 0 Å². The fourth-order valence-electron chi connectivity index (χ4n) is 2.78. The topological polar surface area (TPSA) is 72.5 Å². The maximum Gasteiger partial charge on any atom is 0.264 e. The van der Waals surface area contributed by atoms with Crippen molar-refractivity contribution in [1.29, 1.82) is 0 Å². The number of hydrogen-bond acceptors (Lipinski definition) is 4. The number of methoxy groups -OCH3 is 1. The van der Waals surface area contributed by atoms with Gasteiger partial charge in [0.05, 0.1) is 11.5 Å². The number of sulfonamides is 1. The zero-order valence-electron chi connectivity index (χ0n) is 13.9. The van der Waals surface area contributed by atoms with E-state index in [1.165, 1.54) is 0 Å². The van der Waals surface area contributed by atoms with E-state index in [-0.39, 0.29) is 4.91 Å². The molecule has 25 heavy (non-hydrogen) atoms. The second-order valence-electron chi connectivity index (χ2n) is 5.87. The van der Waals surface area contributed by atoms with Gasteiger partial charge in [0.1, 0.15) is 0 Å². The molecule has 0 fully saturated rings. The Bertz CT molecular complexity index is 915. The Labute approximate surface area is 147 Å². The molecule has 0 atom stereocenters. The van der Waals surface area contributed by atoms with Crippen LogP contribution in [0.15, 0.2) is 53.4 Å². The van der Waals surface area contributed by atoms with Crippen LogP contribution in [0.25, 0.3) is 6.08 Å².